The highest BCUT2D eigenvalue weighted by atomic mass is 14.9. The van der Waals surface area contributed by atoms with Gasteiger partial charge in [0.25, 0.3) is 0 Å². The molecular formula is C12H14N2. The van der Waals surface area contributed by atoms with E-state index >= 15 is 0 Å². The standard InChI is InChI=1S/C12H14N2/c1-8-2-9(5-13-4-8)11-3-10-6-14-7-12(10)11/h2-5,10,12,14H,6-7H2,1H3. The Morgan fingerprint density at radius 2 is 2.29 bits per heavy atom. The van der Waals surface area contributed by atoms with Crippen molar-refractivity contribution in [1.82, 2.24) is 10.3 Å². The number of hydrogen-bond acceptors (Lipinski definition) is 2. The molecule has 3 rings (SSSR count). The summed E-state index contributed by atoms with van der Waals surface area (Å²) in [6.45, 7) is 4.40. The summed E-state index contributed by atoms with van der Waals surface area (Å²) in [6, 6.07) is 2.23. The molecule has 72 valence electrons. The molecule has 0 spiro atoms. The number of aromatic nitrogens is 1. The van der Waals surface area contributed by atoms with Gasteiger partial charge < -0.3 is 5.32 Å². The number of aryl methyl sites for hydroxylation is 1. The number of fused-ring (bicyclic) bond motifs is 1. The third-order valence-corrected chi connectivity index (χ3v) is 3.26. The molecule has 1 aliphatic carbocycles. The van der Waals surface area contributed by atoms with Gasteiger partial charge in [0.2, 0.25) is 0 Å². The van der Waals surface area contributed by atoms with Crippen molar-refractivity contribution in [2.24, 2.45) is 11.8 Å². The van der Waals surface area contributed by atoms with Crippen LogP contribution in [-0.4, -0.2) is 18.1 Å². The molecule has 1 aromatic heterocycles. The highest BCUT2D eigenvalue weighted by molar-refractivity contribution is 5.73. The summed E-state index contributed by atoms with van der Waals surface area (Å²) in [5, 5.41) is 3.43. The van der Waals surface area contributed by atoms with Gasteiger partial charge in [-0.2, -0.15) is 0 Å². The van der Waals surface area contributed by atoms with Gasteiger partial charge in [0.1, 0.15) is 0 Å². The van der Waals surface area contributed by atoms with Crippen molar-refractivity contribution in [3.63, 3.8) is 0 Å². The molecular weight excluding hydrogens is 172 g/mol. The van der Waals surface area contributed by atoms with Gasteiger partial charge in [0.05, 0.1) is 0 Å². The molecule has 2 unspecified atom stereocenters. The minimum absolute atomic E-state index is 0.749. The fourth-order valence-electron chi connectivity index (χ4n) is 2.47. The van der Waals surface area contributed by atoms with E-state index in [0.29, 0.717) is 0 Å². The summed E-state index contributed by atoms with van der Waals surface area (Å²) < 4.78 is 0. The van der Waals surface area contributed by atoms with Crippen molar-refractivity contribution in [3.8, 4) is 0 Å². The smallest absolute Gasteiger partial charge is 0.0343 e. The fourth-order valence-corrected chi connectivity index (χ4v) is 2.47. The van der Waals surface area contributed by atoms with Gasteiger partial charge in [-0.25, -0.2) is 0 Å². The fraction of sp³-hybridized carbons (Fsp3) is 0.417. The summed E-state index contributed by atoms with van der Waals surface area (Å²) in [5.74, 6) is 1.53. The number of nitrogens with one attached hydrogen (secondary N) is 1. The van der Waals surface area contributed by atoms with E-state index in [9.17, 15) is 0 Å². The quantitative estimate of drug-likeness (QED) is 0.721. The molecule has 0 aromatic carbocycles. The van der Waals surface area contributed by atoms with Gasteiger partial charge in [-0.05, 0) is 35.6 Å². The minimum atomic E-state index is 0.749. The maximum absolute atomic E-state index is 4.24. The SMILES string of the molecule is Cc1cncc(C2=CC3CNCC23)c1. The van der Waals surface area contributed by atoms with E-state index < -0.39 is 0 Å². The van der Waals surface area contributed by atoms with Crippen molar-refractivity contribution in [1.29, 1.82) is 0 Å². The molecule has 1 aromatic rings. The van der Waals surface area contributed by atoms with Crippen molar-refractivity contribution in [2.75, 3.05) is 13.1 Å². The maximum atomic E-state index is 4.24. The molecule has 0 bridgehead atoms. The van der Waals surface area contributed by atoms with Crippen molar-refractivity contribution in [2.45, 2.75) is 6.92 Å². The Morgan fingerprint density at radius 1 is 1.36 bits per heavy atom. The predicted octanol–water partition coefficient (Wildman–Crippen LogP) is 1.62. The summed E-state index contributed by atoms with van der Waals surface area (Å²) in [7, 11) is 0. The molecule has 1 N–H and O–H groups in total. The van der Waals surface area contributed by atoms with Crippen LogP contribution in [0.4, 0.5) is 0 Å². The van der Waals surface area contributed by atoms with E-state index in [1.54, 1.807) is 0 Å². The number of rotatable bonds is 1. The zero-order valence-electron chi connectivity index (χ0n) is 8.33. The van der Waals surface area contributed by atoms with Gasteiger partial charge >= 0.3 is 0 Å². The normalized spacial score (nSPS) is 29.4. The summed E-state index contributed by atoms with van der Waals surface area (Å²) in [6.07, 6.45) is 6.28. The van der Waals surface area contributed by atoms with Crippen molar-refractivity contribution < 1.29 is 0 Å². The van der Waals surface area contributed by atoms with Crippen LogP contribution in [0.15, 0.2) is 24.5 Å². The van der Waals surface area contributed by atoms with Crippen LogP contribution < -0.4 is 5.32 Å². The average molecular weight is 186 g/mol. The lowest BCUT2D eigenvalue weighted by atomic mass is 9.74. The Morgan fingerprint density at radius 3 is 3.07 bits per heavy atom. The monoisotopic (exact) mass is 186 g/mol. The van der Waals surface area contributed by atoms with Crippen molar-refractivity contribution >= 4 is 5.57 Å². The summed E-state index contributed by atoms with van der Waals surface area (Å²) in [4.78, 5) is 4.24. The molecule has 0 radical (unpaired) electrons. The van der Waals surface area contributed by atoms with E-state index in [1.165, 1.54) is 16.7 Å². The highest BCUT2D eigenvalue weighted by Crippen LogP contribution is 2.42. The Labute approximate surface area is 84.1 Å². The topological polar surface area (TPSA) is 24.9 Å². The first-order valence-corrected chi connectivity index (χ1v) is 5.19. The molecule has 1 aliphatic heterocycles. The molecule has 2 atom stereocenters. The van der Waals surface area contributed by atoms with Crippen LogP contribution in [0.5, 0.6) is 0 Å². The lowest BCUT2D eigenvalue weighted by molar-refractivity contribution is 0.564. The minimum Gasteiger partial charge on any atom is -0.315 e. The molecule has 1 fully saturated rings. The van der Waals surface area contributed by atoms with Gasteiger partial charge in [0.15, 0.2) is 0 Å². The molecule has 1 saturated heterocycles. The second-order valence-electron chi connectivity index (χ2n) is 4.30. The molecule has 0 saturated carbocycles. The number of nitrogens with zero attached hydrogens (tertiary/aromatic N) is 1. The maximum Gasteiger partial charge on any atom is 0.0343 e. The van der Waals surface area contributed by atoms with Crippen LogP contribution in [0.2, 0.25) is 0 Å². The third kappa shape index (κ3) is 1.11. The number of pyridine rings is 1. The first-order valence-electron chi connectivity index (χ1n) is 5.19. The summed E-state index contributed by atoms with van der Waals surface area (Å²) in [5.41, 5.74) is 4.06. The average Bonchev–Trinajstić information content (AvgIpc) is 2.48. The van der Waals surface area contributed by atoms with Crippen LogP contribution in [0, 0.1) is 18.8 Å². The molecule has 2 nitrogen and oxygen atoms in total. The van der Waals surface area contributed by atoms with Crippen LogP contribution in [0.25, 0.3) is 5.57 Å². The van der Waals surface area contributed by atoms with Crippen LogP contribution in [0.1, 0.15) is 11.1 Å². The zero-order chi connectivity index (χ0) is 9.54. The van der Waals surface area contributed by atoms with Crippen molar-refractivity contribution in [3.05, 3.63) is 35.7 Å². The molecule has 2 heteroatoms. The molecule has 2 heterocycles. The Kier molecular flexibility index (Phi) is 1.71. The van der Waals surface area contributed by atoms with E-state index in [1.807, 2.05) is 12.4 Å². The Hall–Kier alpha value is -1.15. The van der Waals surface area contributed by atoms with Crippen LogP contribution in [0.3, 0.4) is 0 Å². The Bertz CT molecular complexity index is 395. The third-order valence-electron chi connectivity index (χ3n) is 3.26. The van der Waals surface area contributed by atoms with Gasteiger partial charge in [-0.15, -0.1) is 0 Å². The lowest BCUT2D eigenvalue weighted by Gasteiger charge is -2.29. The van der Waals surface area contributed by atoms with Gasteiger partial charge in [0, 0.05) is 31.4 Å². The van der Waals surface area contributed by atoms with E-state index in [-0.39, 0.29) is 0 Å². The van der Waals surface area contributed by atoms with Crippen LogP contribution >= 0.6 is 0 Å². The Balaban J connectivity index is 1.94. The summed E-state index contributed by atoms with van der Waals surface area (Å²) >= 11 is 0. The van der Waals surface area contributed by atoms with Crippen LogP contribution in [-0.2, 0) is 0 Å². The molecule has 0 amide bonds. The zero-order valence-corrected chi connectivity index (χ0v) is 8.33. The predicted molar refractivity (Wildman–Crippen MR) is 56.8 cm³/mol. The van der Waals surface area contributed by atoms with Gasteiger partial charge in [-0.3, -0.25) is 4.98 Å². The highest BCUT2D eigenvalue weighted by Gasteiger charge is 2.36. The van der Waals surface area contributed by atoms with E-state index in [2.05, 4.69) is 29.4 Å². The molecule has 14 heavy (non-hydrogen) atoms. The number of hydrogen-bond donors (Lipinski definition) is 1. The lowest BCUT2D eigenvalue weighted by Crippen LogP contribution is -2.22. The second kappa shape index (κ2) is 2.92. The second-order valence-corrected chi connectivity index (χ2v) is 4.30. The largest absolute Gasteiger partial charge is 0.315 e. The van der Waals surface area contributed by atoms with E-state index in [0.717, 1.165) is 24.9 Å². The first-order chi connectivity index (χ1) is 6.84. The van der Waals surface area contributed by atoms with Gasteiger partial charge in [-0.1, -0.05) is 6.08 Å². The van der Waals surface area contributed by atoms with E-state index in [4.69, 9.17) is 0 Å². The first kappa shape index (κ1) is 8.18. The molecule has 2 aliphatic rings.